The van der Waals surface area contributed by atoms with Crippen LogP contribution in [-0.2, 0) is 6.54 Å². The summed E-state index contributed by atoms with van der Waals surface area (Å²) < 4.78 is 19.2. The number of nitrogens with zero attached hydrogens (tertiary/aromatic N) is 4. The first-order chi connectivity index (χ1) is 12.1. The molecule has 4 rings (SSSR count). The summed E-state index contributed by atoms with van der Waals surface area (Å²) in [4.78, 5) is 20.7. The molecule has 25 heavy (non-hydrogen) atoms. The zero-order valence-corrected chi connectivity index (χ0v) is 14.4. The molecule has 1 saturated heterocycles. The third kappa shape index (κ3) is 3.67. The van der Waals surface area contributed by atoms with Crippen molar-refractivity contribution in [1.82, 2.24) is 19.9 Å². The molecule has 8 heteroatoms. The van der Waals surface area contributed by atoms with Crippen LogP contribution in [-0.4, -0.2) is 52.0 Å². The van der Waals surface area contributed by atoms with Crippen molar-refractivity contribution >= 4 is 17.5 Å². The summed E-state index contributed by atoms with van der Waals surface area (Å²) in [6.45, 7) is 2.97. The van der Waals surface area contributed by atoms with Crippen LogP contribution in [0, 0.1) is 5.82 Å². The van der Waals surface area contributed by atoms with E-state index in [4.69, 9.17) is 16.1 Å². The van der Waals surface area contributed by atoms with Crippen LogP contribution < -0.4 is 0 Å². The van der Waals surface area contributed by atoms with E-state index in [1.807, 2.05) is 0 Å². The van der Waals surface area contributed by atoms with Gasteiger partial charge in [0.2, 0.25) is 5.89 Å². The standard InChI is InChI=1S/C17H18ClFN4O2/c18-12-3-4-14(19)13(9-12)17(24)23-7-5-22(6-8-23)10-15-20-16(21-25-15)11-1-2-11/h3-4,9,11H,1-2,5-8,10H2. The van der Waals surface area contributed by atoms with Gasteiger partial charge in [-0.25, -0.2) is 4.39 Å². The van der Waals surface area contributed by atoms with Crippen molar-refractivity contribution in [2.24, 2.45) is 0 Å². The molecule has 0 spiro atoms. The number of halogens is 2. The SMILES string of the molecule is O=C(c1cc(Cl)ccc1F)N1CCN(Cc2nc(C3CC3)no2)CC1. The molecule has 2 heterocycles. The van der Waals surface area contributed by atoms with Gasteiger partial charge in [-0.3, -0.25) is 9.69 Å². The third-order valence-corrected chi connectivity index (χ3v) is 4.84. The van der Waals surface area contributed by atoms with E-state index in [0.717, 1.165) is 18.7 Å². The van der Waals surface area contributed by atoms with Crippen molar-refractivity contribution in [2.45, 2.75) is 25.3 Å². The number of piperazine rings is 1. The van der Waals surface area contributed by atoms with Gasteiger partial charge in [0, 0.05) is 37.1 Å². The molecule has 0 unspecified atom stereocenters. The van der Waals surface area contributed by atoms with E-state index in [1.54, 1.807) is 4.90 Å². The van der Waals surface area contributed by atoms with Gasteiger partial charge >= 0.3 is 0 Å². The van der Waals surface area contributed by atoms with Gasteiger partial charge < -0.3 is 9.42 Å². The summed E-state index contributed by atoms with van der Waals surface area (Å²) in [7, 11) is 0. The lowest BCUT2D eigenvalue weighted by Crippen LogP contribution is -2.48. The second-order valence-corrected chi connectivity index (χ2v) is 6.95. The van der Waals surface area contributed by atoms with Gasteiger partial charge in [0.1, 0.15) is 5.82 Å². The molecule has 0 atom stereocenters. The van der Waals surface area contributed by atoms with Gasteiger partial charge in [-0.15, -0.1) is 0 Å². The summed E-state index contributed by atoms with van der Waals surface area (Å²) in [6, 6.07) is 4.04. The van der Waals surface area contributed by atoms with Crippen LogP contribution in [0.15, 0.2) is 22.7 Å². The summed E-state index contributed by atoms with van der Waals surface area (Å²) in [5.41, 5.74) is 0.0203. The van der Waals surface area contributed by atoms with Crippen molar-refractivity contribution in [1.29, 1.82) is 0 Å². The Morgan fingerprint density at radius 1 is 1.28 bits per heavy atom. The zero-order valence-electron chi connectivity index (χ0n) is 13.6. The molecule has 1 aromatic heterocycles. The summed E-state index contributed by atoms with van der Waals surface area (Å²) in [6.07, 6.45) is 2.28. The lowest BCUT2D eigenvalue weighted by atomic mass is 10.1. The minimum Gasteiger partial charge on any atom is -0.338 e. The first-order valence-electron chi connectivity index (χ1n) is 8.39. The molecule has 2 aromatic rings. The van der Waals surface area contributed by atoms with E-state index >= 15 is 0 Å². The Bertz CT molecular complexity index is 785. The minimum absolute atomic E-state index is 0.0203. The molecular formula is C17H18ClFN4O2. The van der Waals surface area contributed by atoms with Gasteiger partial charge in [-0.05, 0) is 31.0 Å². The van der Waals surface area contributed by atoms with Gasteiger partial charge in [0.25, 0.3) is 5.91 Å². The fourth-order valence-electron chi connectivity index (χ4n) is 2.97. The monoisotopic (exact) mass is 364 g/mol. The molecular weight excluding hydrogens is 347 g/mol. The van der Waals surface area contributed by atoms with Crippen molar-refractivity contribution in [2.75, 3.05) is 26.2 Å². The van der Waals surface area contributed by atoms with Crippen LogP contribution >= 0.6 is 11.6 Å². The number of amides is 1. The number of benzene rings is 1. The lowest BCUT2D eigenvalue weighted by Gasteiger charge is -2.34. The number of carbonyl (C=O) groups excluding carboxylic acids is 1. The molecule has 0 bridgehead atoms. The molecule has 2 aliphatic rings. The van der Waals surface area contributed by atoms with E-state index in [0.29, 0.717) is 49.6 Å². The van der Waals surface area contributed by atoms with Crippen molar-refractivity contribution in [3.05, 3.63) is 46.3 Å². The molecule has 0 N–H and O–H groups in total. The molecule has 132 valence electrons. The Labute approximate surface area is 149 Å². The van der Waals surface area contributed by atoms with E-state index in [-0.39, 0.29) is 11.5 Å². The smallest absolute Gasteiger partial charge is 0.256 e. The van der Waals surface area contributed by atoms with E-state index in [9.17, 15) is 9.18 Å². The van der Waals surface area contributed by atoms with Crippen molar-refractivity contribution in [3.8, 4) is 0 Å². The second kappa shape index (κ2) is 6.72. The molecule has 2 fully saturated rings. The van der Waals surface area contributed by atoms with E-state index < -0.39 is 5.82 Å². The molecule has 1 saturated carbocycles. The largest absolute Gasteiger partial charge is 0.338 e. The highest BCUT2D eigenvalue weighted by Gasteiger charge is 2.30. The Kier molecular flexibility index (Phi) is 4.43. The Balaban J connectivity index is 1.34. The summed E-state index contributed by atoms with van der Waals surface area (Å²) >= 11 is 5.87. The molecule has 0 radical (unpaired) electrons. The number of hydrogen-bond donors (Lipinski definition) is 0. The normalized spacial score (nSPS) is 18.6. The van der Waals surface area contributed by atoms with Crippen LogP contribution in [0.1, 0.15) is 40.8 Å². The van der Waals surface area contributed by atoms with Gasteiger partial charge in [0.05, 0.1) is 12.1 Å². The fraction of sp³-hybridized carbons (Fsp3) is 0.471. The fourth-order valence-corrected chi connectivity index (χ4v) is 3.14. The Morgan fingerprint density at radius 3 is 2.76 bits per heavy atom. The van der Waals surface area contributed by atoms with Gasteiger partial charge in [-0.1, -0.05) is 16.8 Å². The zero-order chi connectivity index (χ0) is 17.4. The summed E-state index contributed by atoms with van der Waals surface area (Å²) in [5, 5.41) is 4.37. The quantitative estimate of drug-likeness (QED) is 0.834. The summed E-state index contributed by atoms with van der Waals surface area (Å²) in [5.74, 6) is 1.02. The minimum atomic E-state index is -0.546. The van der Waals surface area contributed by atoms with Gasteiger partial charge in [-0.2, -0.15) is 4.98 Å². The molecule has 1 aliphatic heterocycles. The second-order valence-electron chi connectivity index (χ2n) is 6.51. The van der Waals surface area contributed by atoms with Crippen LogP contribution in [0.3, 0.4) is 0 Å². The molecule has 1 aliphatic carbocycles. The van der Waals surface area contributed by atoms with E-state index in [2.05, 4.69) is 15.0 Å². The lowest BCUT2D eigenvalue weighted by molar-refractivity contribution is 0.0610. The highest BCUT2D eigenvalue weighted by atomic mass is 35.5. The maximum atomic E-state index is 13.9. The molecule has 6 nitrogen and oxygen atoms in total. The van der Waals surface area contributed by atoms with Crippen LogP contribution in [0.5, 0.6) is 0 Å². The van der Waals surface area contributed by atoms with Crippen molar-refractivity contribution in [3.63, 3.8) is 0 Å². The molecule has 1 aromatic carbocycles. The van der Waals surface area contributed by atoms with Crippen molar-refractivity contribution < 1.29 is 13.7 Å². The average molecular weight is 365 g/mol. The Morgan fingerprint density at radius 2 is 2.04 bits per heavy atom. The Hall–Kier alpha value is -1.99. The average Bonchev–Trinajstić information content (AvgIpc) is 3.37. The molecule has 1 amide bonds. The maximum absolute atomic E-state index is 13.9. The predicted molar refractivity (Wildman–Crippen MR) is 88.9 cm³/mol. The van der Waals surface area contributed by atoms with Crippen LogP contribution in [0.4, 0.5) is 4.39 Å². The van der Waals surface area contributed by atoms with Crippen LogP contribution in [0.2, 0.25) is 5.02 Å². The topological polar surface area (TPSA) is 62.5 Å². The highest BCUT2D eigenvalue weighted by molar-refractivity contribution is 6.31. The number of hydrogen-bond acceptors (Lipinski definition) is 5. The van der Waals surface area contributed by atoms with Crippen LogP contribution in [0.25, 0.3) is 0 Å². The number of aromatic nitrogens is 2. The first-order valence-corrected chi connectivity index (χ1v) is 8.77. The third-order valence-electron chi connectivity index (χ3n) is 4.60. The van der Waals surface area contributed by atoms with E-state index in [1.165, 1.54) is 18.2 Å². The highest BCUT2D eigenvalue weighted by Crippen LogP contribution is 2.38. The van der Waals surface area contributed by atoms with Gasteiger partial charge in [0.15, 0.2) is 5.82 Å². The predicted octanol–water partition coefficient (Wildman–Crippen LogP) is 2.70. The first kappa shape index (κ1) is 16.5. The number of carbonyl (C=O) groups is 1. The maximum Gasteiger partial charge on any atom is 0.256 e. The number of rotatable bonds is 4.